The fourth-order valence-electron chi connectivity index (χ4n) is 3.30. The van der Waals surface area contributed by atoms with Crippen molar-refractivity contribution in [2.24, 2.45) is 0 Å². The van der Waals surface area contributed by atoms with Gasteiger partial charge in [0.1, 0.15) is 6.61 Å². The predicted molar refractivity (Wildman–Crippen MR) is 100 cm³/mol. The van der Waals surface area contributed by atoms with Gasteiger partial charge in [-0.2, -0.15) is 0 Å². The van der Waals surface area contributed by atoms with Gasteiger partial charge in [-0.05, 0) is 30.4 Å². The summed E-state index contributed by atoms with van der Waals surface area (Å²) in [6.07, 6.45) is 1.87. The molecule has 1 aliphatic rings. The van der Waals surface area contributed by atoms with E-state index >= 15 is 0 Å². The van der Waals surface area contributed by atoms with Crippen LogP contribution in [0.2, 0.25) is 0 Å². The molecule has 2 rings (SSSR count). The fraction of sp³-hybridized carbons (Fsp3) is 0.429. The number of methoxy groups -OCH3 is 2. The Morgan fingerprint density at radius 2 is 1.41 bits per heavy atom. The molecular weight excluding hydrogens is 380 g/mol. The molecule has 0 atom stereocenters. The Bertz CT molecular complexity index is 917. The number of carbonyl (C=O) groups is 4. The number of fused-ring (bicyclic) bond motifs is 1. The number of esters is 4. The normalized spacial score (nSPS) is 11.6. The molecule has 1 aromatic rings. The average molecular weight is 402 g/mol. The molecule has 1 aliphatic carbocycles. The van der Waals surface area contributed by atoms with E-state index < -0.39 is 23.9 Å². The van der Waals surface area contributed by atoms with Crippen LogP contribution in [0.3, 0.4) is 0 Å². The van der Waals surface area contributed by atoms with E-state index in [-0.39, 0.29) is 35.5 Å². The molecule has 8 heteroatoms. The van der Waals surface area contributed by atoms with Crippen molar-refractivity contribution in [1.29, 1.82) is 0 Å². The number of ether oxygens (including phenoxy) is 4. The summed E-state index contributed by atoms with van der Waals surface area (Å²) in [5.41, 5.74) is 2.27. The van der Waals surface area contributed by atoms with Crippen LogP contribution < -0.4 is 0 Å². The molecule has 8 nitrogen and oxygen atoms in total. The van der Waals surface area contributed by atoms with Crippen LogP contribution in [0.15, 0.2) is 0 Å². The Kier molecular flexibility index (Phi) is 7.37. The zero-order valence-electron chi connectivity index (χ0n) is 16.8. The molecule has 29 heavy (non-hydrogen) atoms. The first-order valence-corrected chi connectivity index (χ1v) is 8.94. The Balaban J connectivity index is 2.79. The zero-order valence-corrected chi connectivity index (χ0v) is 16.8. The minimum Gasteiger partial charge on any atom is -0.465 e. The maximum atomic E-state index is 12.6. The summed E-state index contributed by atoms with van der Waals surface area (Å²) >= 11 is 0. The second-order valence-corrected chi connectivity index (χ2v) is 6.26. The van der Waals surface area contributed by atoms with Gasteiger partial charge in [-0.1, -0.05) is 11.8 Å². The summed E-state index contributed by atoms with van der Waals surface area (Å²) in [6.45, 7) is 2.01. The van der Waals surface area contributed by atoms with Crippen molar-refractivity contribution in [3.63, 3.8) is 0 Å². The molecular formula is C21H22O8. The molecule has 0 spiro atoms. The number of hydrogen-bond donors (Lipinski definition) is 0. The molecule has 0 amide bonds. The lowest BCUT2D eigenvalue weighted by Crippen LogP contribution is -2.19. The minimum atomic E-state index is -0.611. The summed E-state index contributed by atoms with van der Waals surface area (Å²) in [4.78, 5) is 47.5. The fourth-order valence-corrected chi connectivity index (χ4v) is 3.30. The van der Waals surface area contributed by atoms with Crippen molar-refractivity contribution in [2.75, 3.05) is 20.8 Å². The van der Waals surface area contributed by atoms with Gasteiger partial charge in [-0.3, -0.25) is 9.59 Å². The Hall–Kier alpha value is -3.34. The number of hydrogen-bond acceptors (Lipinski definition) is 8. The van der Waals surface area contributed by atoms with E-state index in [1.165, 1.54) is 28.1 Å². The predicted octanol–water partition coefficient (Wildman–Crippen LogP) is 1.73. The minimum absolute atomic E-state index is 0.200. The van der Waals surface area contributed by atoms with Crippen LogP contribution in [-0.2, 0) is 48.0 Å². The van der Waals surface area contributed by atoms with Crippen molar-refractivity contribution in [3.8, 4) is 11.8 Å². The molecule has 0 aliphatic heterocycles. The lowest BCUT2D eigenvalue weighted by molar-refractivity contribution is -0.142. The van der Waals surface area contributed by atoms with Crippen LogP contribution >= 0.6 is 0 Å². The lowest BCUT2D eigenvalue weighted by Gasteiger charge is -2.19. The molecule has 0 aromatic heterocycles. The van der Waals surface area contributed by atoms with Gasteiger partial charge in [0.15, 0.2) is 6.61 Å². The summed E-state index contributed by atoms with van der Waals surface area (Å²) in [6, 6.07) is 0. The highest BCUT2D eigenvalue weighted by Crippen LogP contribution is 2.35. The summed E-state index contributed by atoms with van der Waals surface area (Å²) < 4.78 is 19.8. The second kappa shape index (κ2) is 9.73. The van der Waals surface area contributed by atoms with Crippen molar-refractivity contribution < 1.29 is 38.1 Å². The standard InChI is InChI=1S/C21H22O8/c1-12(22)28-10-6-9-16-17(11-29-13(2)23)19(21(25)27-4)15-8-5-7-14(15)18(16)20(24)26-3/h5,7-8,10-11H2,1-4H3. The van der Waals surface area contributed by atoms with Gasteiger partial charge in [0.2, 0.25) is 0 Å². The summed E-state index contributed by atoms with van der Waals surface area (Å²) in [7, 11) is 2.50. The number of rotatable bonds is 5. The molecule has 0 heterocycles. The smallest absolute Gasteiger partial charge is 0.339 e. The third kappa shape index (κ3) is 4.93. The molecule has 0 saturated heterocycles. The first kappa shape index (κ1) is 22.0. The summed E-state index contributed by atoms with van der Waals surface area (Å²) in [5, 5.41) is 0. The topological polar surface area (TPSA) is 105 Å². The van der Waals surface area contributed by atoms with E-state index in [2.05, 4.69) is 11.8 Å². The Labute approximate surface area is 168 Å². The van der Waals surface area contributed by atoms with E-state index in [0.717, 1.165) is 6.42 Å². The van der Waals surface area contributed by atoms with Crippen LogP contribution in [0, 0.1) is 11.8 Å². The van der Waals surface area contributed by atoms with E-state index in [1.807, 2.05) is 0 Å². The third-order valence-corrected chi connectivity index (χ3v) is 4.43. The highest BCUT2D eigenvalue weighted by Gasteiger charge is 2.33. The van der Waals surface area contributed by atoms with Gasteiger partial charge >= 0.3 is 23.9 Å². The molecule has 0 saturated carbocycles. The van der Waals surface area contributed by atoms with Crippen LogP contribution in [0.1, 0.15) is 63.2 Å². The van der Waals surface area contributed by atoms with Crippen LogP contribution in [0.4, 0.5) is 0 Å². The van der Waals surface area contributed by atoms with Gasteiger partial charge in [0, 0.05) is 25.0 Å². The molecule has 0 unspecified atom stereocenters. The van der Waals surface area contributed by atoms with Crippen molar-refractivity contribution in [1.82, 2.24) is 0 Å². The monoisotopic (exact) mass is 402 g/mol. The molecule has 0 bridgehead atoms. The van der Waals surface area contributed by atoms with Crippen LogP contribution in [-0.4, -0.2) is 44.7 Å². The van der Waals surface area contributed by atoms with Crippen LogP contribution in [0.25, 0.3) is 0 Å². The molecule has 154 valence electrons. The van der Waals surface area contributed by atoms with Gasteiger partial charge in [0.25, 0.3) is 0 Å². The van der Waals surface area contributed by atoms with Crippen molar-refractivity contribution in [3.05, 3.63) is 33.4 Å². The first-order valence-electron chi connectivity index (χ1n) is 8.94. The Morgan fingerprint density at radius 3 is 1.97 bits per heavy atom. The van der Waals surface area contributed by atoms with Gasteiger partial charge in [-0.15, -0.1) is 0 Å². The van der Waals surface area contributed by atoms with Gasteiger partial charge < -0.3 is 18.9 Å². The van der Waals surface area contributed by atoms with Gasteiger partial charge in [0.05, 0.1) is 25.3 Å². The molecule has 0 radical (unpaired) electrons. The largest absolute Gasteiger partial charge is 0.465 e. The highest BCUT2D eigenvalue weighted by atomic mass is 16.5. The Morgan fingerprint density at radius 1 is 0.862 bits per heavy atom. The first-order chi connectivity index (χ1) is 13.8. The number of benzene rings is 1. The van der Waals surface area contributed by atoms with Gasteiger partial charge in [-0.25, -0.2) is 9.59 Å². The van der Waals surface area contributed by atoms with E-state index in [1.54, 1.807) is 0 Å². The molecule has 0 fully saturated rings. The van der Waals surface area contributed by atoms with Crippen molar-refractivity contribution in [2.45, 2.75) is 39.7 Å². The quantitative estimate of drug-likeness (QED) is 0.417. The summed E-state index contributed by atoms with van der Waals surface area (Å²) in [5.74, 6) is 3.18. The lowest BCUT2D eigenvalue weighted by atomic mass is 9.87. The van der Waals surface area contributed by atoms with E-state index in [0.29, 0.717) is 24.0 Å². The van der Waals surface area contributed by atoms with E-state index in [9.17, 15) is 19.2 Å². The molecule has 0 N–H and O–H groups in total. The highest BCUT2D eigenvalue weighted by molar-refractivity contribution is 6.01. The SMILES string of the molecule is COC(=O)c1c(C#CCOC(C)=O)c(COC(C)=O)c(C(=O)OC)c2c1CCC2. The van der Waals surface area contributed by atoms with Crippen LogP contribution in [0.5, 0.6) is 0 Å². The maximum Gasteiger partial charge on any atom is 0.339 e. The molecule has 1 aromatic carbocycles. The maximum absolute atomic E-state index is 12.6. The van der Waals surface area contributed by atoms with Crippen molar-refractivity contribution >= 4 is 23.9 Å². The zero-order chi connectivity index (χ0) is 21.6. The number of carbonyl (C=O) groups excluding carboxylic acids is 4. The second-order valence-electron chi connectivity index (χ2n) is 6.26. The third-order valence-electron chi connectivity index (χ3n) is 4.43. The average Bonchev–Trinajstić information content (AvgIpc) is 3.16. The van der Waals surface area contributed by atoms with E-state index in [4.69, 9.17) is 18.9 Å².